The number of hydrogen-bond donors (Lipinski definition) is 2. The number of azo groups is 1. The molecule has 4 rings (SSSR count). The molecule has 3 aromatic carbocycles. The average molecular weight is 430 g/mol. The summed E-state index contributed by atoms with van der Waals surface area (Å²) in [4.78, 5) is 12.4. The Balaban J connectivity index is 1.70. The Morgan fingerprint density at radius 3 is 2.16 bits per heavy atom. The number of nitrogens with one attached hydrogen (secondary N) is 2. The molecule has 0 bridgehead atoms. The van der Waals surface area contributed by atoms with Crippen LogP contribution in [0.15, 0.2) is 81.8 Å². The lowest BCUT2D eigenvalue weighted by atomic mass is 10.0. The SMILES string of the molecule is COc1ccc(-c2[nH][nH]c(=O)c2N=Nc2ccc(-c3ccccc3)c(OC)c2)c(OC)c1. The second-order valence-corrected chi connectivity index (χ2v) is 6.82. The summed E-state index contributed by atoms with van der Waals surface area (Å²) in [5.74, 6) is 1.83. The van der Waals surface area contributed by atoms with Gasteiger partial charge in [0, 0.05) is 23.3 Å². The van der Waals surface area contributed by atoms with E-state index in [2.05, 4.69) is 20.4 Å². The predicted molar refractivity (Wildman–Crippen MR) is 123 cm³/mol. The first-order chi connectivity index (χ1) is 15.6. The first kappa shape index (κ1) is 20.9. The van der Waals surface area contributed by atoms with Crippen molar-refractivity contribution in [3.8, 4) is 39.6 Å². The fourth-order valence-electron chi connectivity index (χ4n) is 3.35. The van der Waals surface area contributed by atoms with Gasteiger partial charge >= 0.3 is 0 Å². The second-order valence-electron chi connectivity index (χ2n) is 6.82. The van der Waals surface area contributed by atoms with Gasteiger partial charge in [0.15, 0.2) is 5.69 Å². The van der Waals surface area contributed by atoms with E-state index in [1.807, 2.05) is 42.5 Å². The summed E-state index contributed by atoms with van der Waals surface area (Å²) in [6.45, 7) is 0. The highest BCUT2D eigenvalue weighted by molar-refractivity contribution is 5.77. The molecular formula is C24H22N4O4. The molecule has 0 aliphatic heterocycles. The van der Waals surface area contributed by atoms with Crippen molar-refractivity contribution in [1.82, 2.24) is 10.2 Å². The molecule has 0 atom stereocenters. The molecule has 1 heterocycles. The highest BCUT2D eigenvalue weighted by Crippen LogP contribution is 2.37. The van der Waals surface area contributed by atoms with Gasteiger partial charge in [-0.25, -0.2) is 0 Å². The Bertz CT molecular complexity index is 1310. The van der Waals surface area contributed by atoms with E-state index in [0.29, 0.717) is 34.2 Å². The van der Waals surface area contributed by atoms with E-state index >= 15 is 0 Å². The number of methoxy groups -OCH3 is 3. The summed E-state index contributed by atoms with van der Waals surface area (Å²) in [5.41, 5.74) is 3.38. The van der Waals surface area contributed by atoms with E-state index in [0.717, 1.165) is 11.1 Å². The molecule has 0 radical (unpaired) electrons. The van der Waals surface area contributed by atoms with Crippen molar-refractivity contribution in [3.63, 3.8) is 0 Å². The zero-order valence-electron chi connectivity index (χ0n) is 17.9. The van der Waals surface area contributed by atoms with Gasteiger partial charge in [-0.05, 0) is 29.8 Å². The molecule has 0 aliphatic carbocycles. The minimum Gasteiger partial charge on any atom is -0.497 e. The minimum absolute atomic E-state index is 0.138. The standard InChI is InChI=1S/C24H22N4O4/c1-30-17-10-12-19(21(14-17)32-3)22-23(24(29)28-26-22)27-25-16-9-11-18(20(13-16)31-2)15-7-5-4-6-8-15/h4-14H,1-3H3,(H2,26,28,29). The van der Waals surface area contributed by atoms with E-state index in [4.69, 9.17) is 14.2 Å². The highest BCUT2D eigenvalue weighted by Gasteiger charge is 2.17. The Morgan fingerprint density at radius 1 is 0.719 bits per heavy atom. The van der Waals surface area contributed by atoms with Gasteiger partial charge in [-0.1, -0.05) is 30.3 Å². The summed E-state index contributed by atoms with van der Waals surface area (Å²) < 4.78 is 16.2. The van der Waals surface area contributed by atoms with Gasteiger partial charge in [-0.15, -0.1) is 5.11 Å². The molecule has 1 aromatic heterocycles. The molecule has 162 valence electrons. The zero-order valence-corrected chi connectivity index (χ0v) is 17.9. The number of H-pyrrole nitrogens is 2. The van der Waals surface area contributed by atoms with Gasteiger partial charge in [0.1, 0.15) is 17.2 Å². The summed E-state index contributed by atoms with van der Waals surface area (Å²) in [7, 11) is 4.72. The monoisotopic (exact) mass is 430 g/mol. The lowest BCUT2D eigenvalue weighted by molar-refractivity contribution is 0.395. The predicted octanol–water partition coefficient (Wildman–Crippen LogP) is 5.48. The van der Waals surface area contributed by atoms with E-state index < -0.39 is 5.56 Å². The minimum atomic E-state index is -0.394. The lowest BCUT2D eigenvalue weighted by Gasteiger charge is -2.09. The third-order valence-electron chi connectivity index (χ3n) is 4.97. The number of rotatable bonds is 7. The molecule has 0 saturated heterocycles. The van der Waals surface area contributed by atoms with Crippen LogP contribution in [-0.4, -0.2) is 31.5 Å². The first-order valence-corrected chi connectivity index (χ1v) is 9.83. The van der Waals surface area contributed by atoms with Crippen molar-refractivity contribution >= 4 is 11.4 Å². The van der Waals surface area contributed by atoms with Crippen molar-refractivity contribution in [2.45, 2.75) is 0 Å². The van der Waals surface area contributed by atoms with Crippen LogP contribution in [0.3, 0.4) is 0 Å². The number of aromatic nitrogens is 2. The molecule has 2 N–H and O–H groups in total. The molecule has 0 saturated carbocycles. The molecular weight excluding hydrogens is 408 g/mol. The molecule has 0 unspecified atom stereocenters. The zero-order chi connectivity index (χ0) is 22.5. The largest absolute Gasteiger partial charge is 0.497 e. The Kier molecular flexibility index (Phi) is 6.03. The van der Waals surface area contributed by atoms with Crippen molar-refractivity contribution in [2.75, 3.05) is 21.3 Å². The third-order valence-corrected chi connectivity index (χ3v) is 4.97. The van der Waals surface area contributed by atoms with Crippen LogP contribution in [0.1, 0.15) is 0 Å². The summed E-state index contributed by atoms with van der Waals surface area (Å²) in [5, 5.41) is 13.9. The molecule has 0 spiro atoms. The maximum atomic E-state index is 12.4. The number of ether oxygens (including phenoxy) is 3. The molecule has 8 heteroatoms. The Hall–Kier alpha value is -4.33. The Labute approximate surface area is 184 Å². The molecule has 0 amide bonds. The van der Waals surface area contributed by atoms with E-state index in [1.165, 1.54) is 0 Å². The average Bonchev–Trinajstić information content (AvgIpc) is 3.22. The second kappa shape index (κ2) is 9.22. The normalized spacial score (nSPS) is 11.0. The number of benzene rings is 3. The number of aromatic amines is 2. The molecule has 32 heavy (non-hydrogen) atoms. The van der Waals surface area contributed by atoms with Crippen LogP contribution in [0.5, 0.6) is 17.2 Å². The molecule has 0 aliphatic rings. The third kappa shape index (κ3) is 4.11. The molecule has 0 fully saturated rings. The molecule has 4 aromatic rings. The van der Waals surface area contributed by atoms with Gasteiger partial charge in [0.05, 0.1) is 32.7 Å². The topological polar surface area (TPSA) is 101 Å². The van der Waals surface area contributed by atoms with Gasteiger partial charge in [0.2, 0.25) is 0 Å². The quantitative estimate of drug-likeness (QED) is 0.379. The van der Waals surface area contributed by atoms with Crippen molar-refractivity contribution in [3.05, 3.63) is 77.1 Å². The maximum Gasteiger partial charge on any atom is 0.292 e. The van der Waals surface area contributed by atoms with Crippen LogP contribution < -0.4 is 19.8 Å². The van der Waals surface area contributed by atoms with Crippen LogP contribution in [0.25, 0.3) is 22.4 Å². The lowest BCUT2D eigenvalue weighted by Crippen LogP contribution is -1.96. The molecule has 8 nitrogen and oxygen atoms in total. The smallest absolute Gasteiger partial charge is 0.292 e. The van der Waals surface area contributed by atoms with E-state index in [-0.39, 0.29) is 5.69 Å². The summed E-state index contributed by atoms with van der Waals surface area (Å²) in [6.07, 6.45) is 0. The van der Waals surface area contributed by atoms with Crippen LogP contribution in [0, 0.1) is 0 Å². The van der Waals surface area contributed by atoms with Crippen LogP contribution in [0.4, 0.5) is 11.4 Å². The van der Waals surface area contributed by atoms with Crippen molar-refractivity contribution in [2.24, 2.45) is 10.2 Å². The fraction of sp³-hybridized carbons (Fsp3) is 0.125. The van der Waals surface area contributed by atoms with Crippen LogP contribution in [0.2, 0.25) is 0 Å². The number of nitrogens with zero attached hydrogens (tertiary/aromatic N) is 2. The van der Waals surface area contributed by atoms with Crippen molar-refractivity contribution < 1.29 is 14.2 Å². The first-order valence-electron chi connectivity index (χ1n) is 9.83. The summed E-state index contributed by atoms with van der Waals surface area (Å²) in [6, 6.07) is 20.7. The van der Waals surface area contributed by atoms with Crippen LogP contribution in [-0.2, 0) is 0 Å². The fourth-order valence-corrected chi connectivity index (χ4v) is 3.35. The maximum absolute atomic E-state index is 12.4. The highest BCUT2D eigenvalue weighted by atomic mass is 16.5. The van der Waals surface area contributed by atoms with Gasteiger partial charge in [-0.3, -0.25) is 15.0 Å². The van der Waals surface area contributed by atoms with Crippen molar-refractivity contribution in [1.29, 1.82) is 0 Å². The Morgan fingerprint density at radius 2 is 1.44 bits per heavy atom. The van der Waals surface area contributed by atoms with E-state index in [9.17, 15) is 4.79 Å². The summed E-state index contributed by atoms with van der Waals surface area (Å²) >= 11 is 0. The number of hydrogen-bond acceptors (Lipinski definition) is 6. The van der Waals surface area contributed by atoms with Gasteiger partial charge in [0.25, 0.3) is 5.56 Å². The van der Waals surface area contributed by atoms with Crippen LogP contribution >= 0.6 is 0 Å². The van der Waals surface area contributed by atoms with E-state index in [1.54, 1.807) is 45.6 Å². The van der Waals surface area contributed by atoms with Gasteiger partial charge < -0.3 is 14.2 Å². The van der Waals surface area contributed by atoms with Gasteiger partial charge in [-0.2, -0.15) is 5.11 Å².